The molecule has 0 aromatic heterocycles. The summed E-state index contributed by atoms with van der Waals surface area (Å²) in [6, 6.07) is 16.4. The van der Waals surface area contributed by atoms with Crippen molar-refractivity contribution >= 4 is 29.1 Å². The molecule has 1 saturated heterocycles. The number of benzene rings is 2. The first-order valence-corrected chi connectivity index (χ1v) is 7.53. The molecule has 2 N–H and O–H groups in total. The Hall–Kier alpha value is -2.60. The number of rotatable bonds is 3. The van der Waals surface area contributed by atoms with E-state index in [9.17, 15) is 9.90 Å². The molecule has 110 valence electrons. The predicted molar refractivity (Wildman–Crippen MR) is 88.1 cm³/mol. The fourth-order valence-electron chi connectivity index (χ4n) is 2.00. The van der Waals surface area contributed by atoms with E-state index in [0.29, 0.717) is 10.7 Å². The number of para-hydroxylation sites is 1. The van der Waals surface area contributed by atoms with Gasteiger partial charge in [-0.3, -0.25) is 4.79 Å². The summed E-state index contributed by atoms with van der Waals surface area (Å²) < 4.78 is 0. The van der Waals surface area contributed by atoms with Crippen LogP contribution in [0.2, 0.25) is 0 Å². The number of phenols is 1. The summed E-state index contributed by atoms with van der Waals surface area (Å²) in [6.45, 7) is 0. The highest BCUT2D eigenvalue weighted by Gasteiger charge is 2.31. The molecule has 0 aliphatic carbocycles. The van der Waals surface area contributed by atoms with E-state index in [4.69, 9.17) is 0 Å². The molecule has 1 amide bonds. The topological polar surface area (TPSA) is 74.0 Å². The van der Waals surface area contributed by atoms with E-state index < -0.39 is 0 Å². The highest BCUT2D eigenvalue weighted by molar-refractivity contribution is 8.15. The summed E-state index contributed by atoms with van der Waals surface area (Å²) in [7, 11) is 0. The summed E-state index contributed by atoms with van der Waals surface area (Å²) in [5, 5.41) is 20.4. The minimum Gasteiger partial charge on any atom is -0.507 e. The van der Waals surface area contributed by atoms with Gasteiger partial charge < -0.3 is 10.4 Å². The zero-order valence-corrected chi connectivity index (χ0v) is 12.3. The van der Waals surface area contributed by atoms with E-state index in [2.05, 4.69) is 15.5 Å². The summed E-state index contributed by atoms with van der Waals surface area (Å²) in [4.78, 5) is 12.0. The first-order valence-electron chi connectivity index (χ1n) is 6.65. The number of aromatic hydroxyl groups is 1. The molecule has 0 unspecified atom stereocenters. The molecule has 1 atom stereocenters. The number of hydrogen-bond donors (Lipinski definition) is 2. The van der Waals surface area contributed by atoms with Gasteiger partial charge in [0.15, 0.2) is 5.17 Å². The molecular weight excluding hydrogens is 298 g/mol. The highest BCUT2D eigenvalue weighted by atomic mass is 32.2. The van der Waals surface area contributed by atoms with E-state index in [1.807, 2.05) is 30.3 Å². The predicted octanol–water partition coefficient (Wildman–Crippen LogP) is 2.69. The van der Waals surface area contributed by atoms with E-state index in [0.717, 1.165) is 5.56 Å². The third kappa shape index (κ3) is 3.17. The Morgan fingerprint density at radius 2 is 1.82 bits per heavy atom. The summed E-state index contributed by atoms with van der Waals surface area (Å²) in [5.41, 5.74) is 1.50. The monoisotopic (exact) mass is 311 g/mol. The summed E-state index contributed by atoms with van der Waals surface area (Å²) in [5.74, 6) is 0.0319. The Bertz CT molecular complexity index is 744. The molecule has 3 rings (SSSR count). The zero-order valence-electron chi connectivity index (χ0n) is 11.5. The molecule has 0 radical (unpaired) electrons. The van der Waals surface area contributed by atoms with Crippen LogP contribution in [0.3, 0.4) is 0 Å². The van der Waals surface area contributed by atoms with Crippen molar-refractivity contribution in [1.82, 2.24) is 5.32 Å². The Morgan fingerprint density at radius 3 is 2.59 bits per heavy atom. The lowest BCUT2D eigenvalue weighted by Gasteiger charge is -2.03. The molecule has 2 aromatic rings. The lowest BCUT2D eigenvalue weighted by molar-refractivity contribution is -0.118. The fourth-order valence-corrected chi connectivity index (χ4v) is 2.94. The van der Waals surface area contributed by atoms with Crippen LogP contribution in [0.1, 0.15) is 16.4 Å². The van der Waals surface area contributed by atoms with Crippen molar-refractivity contribution < 1.29 is 9.90 Å². The van der Waals surface area contributed by atoms with Gasteiger partial charge in [0.1, 0.15) is 11.0 Å². The maximum atomic E-state index is 12.0. The molecule has 1 fully saturated rings. The lowest BCUT2D eigenvalue weighted by Crippen LogP contribution is -2.21. The van der Waals surface area contributed by atoms with Crippen molar-refractivity contribution in [3.8, 4) is 5.75 Å². The molecule has 0 spiro atoms. The van der Waals surface area contributed by atoms with Gasteiger partial charge in [-0.2, -0.15) is 5.10 Å². The first-order chi connectivity index (χ1) is 10.7. The Kier molecular flexibility index (Phi) is 4.20. The summed E-state index contributed by atoms with van der Waals surface area (Å²) >= 11 is 1.32. The normalized spacial score (nSPS) is 19.7. The maximum absolute atomic E-state index is 12.0. The summed E-state index contributed by atoms with van der Waals surface area (Å²) in [6.07, 6.45) is 1.45. The fraction of sp³-hybridized carbons (Fsp3) is 0.0625. The molecule has 5 nitrogen and oxygen atoms in total. The van der Waals surface area contributed by atoms with Gasteiger partial charge in [0.25, 0.3) is 0 Å². The molecule has 1 aliphatic heterocycles. The number of amides is 1. The number of nitrogens with one attached hydrogen (secondary N) is 1. The number of carbonyl (C=O) groups is 1. The molecule has 1 aliphatic rings. The Balaban J connectivity index is 1.72. The molecule has 22 heavy (non-hydrogen) atoms. The van der Waals surface area contributed by atoms with E-state index >= 15 is 0 Å². The first kappa shape index (κ1) is 14.3. The second-order valence-electron chi connectivity index (χ2n) is 4.61. The van der Waals surface area contributed by atoms with Crippen molar-refractivity contribution in [3.05, 3.63) is 65.7 Å². The SMILES string of the molecule is O=C1NC(=N/N=C\c2ccccc2O)S[C@H]1c1ccccc1. The van der Waals surface area contributed by atoms with Crippen molar-refractivity contribution in [2.24, 2.45) is 10.2 Å². The average Bonchev–Trinajstić information content (AvgIpc) is 2.91. The zero-order chi connectivity index (χ0) is 15.4. The Morgan fingerprint density at radius 1 is 1.09 bits per heavy atom. The van der Waals surface area contributed by atoms with Crippen LogP contribution in [0.5, 0.6) is 5.75 Å². The van der Waals surface area contributed by atoms with Crippen LogP contribution in [0.4, 0.5) is 0 Å². The third-order valence-corrected chi connectivity index (χ3v) is 4.21. The van der Waals surface area contributed by atoms with Gasteiger partial charge >= 0.3 is 0 Å². The van der Waals surface area contributed by atoms with Crippen LogP contribution in [0, 0.1) is 0 Å². The highest BCUT2D eigenvalue weighted by Crippen LogP contribution is 2.34. The van der Waals surface area contributed by atoms with E-state index in [1.54, 1.807) is 24.3 Å². The van der Waals surface area contributed by atoms with Crippen LogP contribution in [-0.4, -0.2) is 22.4 Å². The largest absolute Gasteiger partial charge is 0.507 e. The van der Waals surface area contributed by atoms with E-state index in [1.165, 1.54) is 18.0 Å². The van der Waals surface area contributed by atoms with E-state index in [-0.39, 0.29) is 16.9 Å². The van der Waals surface area contributed by atoms with Crippen LogP contribution in [-0.2, 0) is 4.79 Å². The van der Waals surface area contributed by atoms with Crippen LogP contribution in [0.15, 0.2) is 64.8 Å². The van der Waals surface area contributed by atoms with Crippen LogP contribution in [0.25, 0.3) is 0 Å². The van der Waals surface area contributed by atoms with Crippen LogP contribution >= 0.6 is 11.8 Å². The van der Waals surface area contributed by atoms with Gasteiger partial charge in [0.05, 0.1) is 6.21 Å². The van der Waals surface area contributed by atoms with Gasteiger partial charge in [-0.05, 0) is 17.7 Å². The quantitative estimate of drug-likeness (QED) is 0.676. The van der Waals surface area contributed by atoms with Crippen molar-refractivity contribution in [1.29, 1.82) is 0 Å². The number of nitrogens with zero attached hydrogens (tertiary/aromatic N) is 2. The third-order valence-electron chi connectivity index (χ3n) is 3.08. The number of phenolic OH excluding ortho intramolecular Hbond substituents is 1. The van der Waals surface area contributed by atoms with Gasteiger partial charge in [-0.25, -0.2) is 0 Å². The van der Waals surface area contributed by atoms with Gasteiger partial charge in [0, 0.05) is 5.56 Å². The molecule has 1 heterocycles. The molecule has 6 heteroatoms. The van der Waals surface area contributed by atoms with Gasteiger partial charge in [-0.15, -0.1) is 5.10 Å². The average molecular weight is 311 g/mol. The Labute approximate surface area is 131 Å². The molecule has 0 saturated carbocycles. The number of amidine groups is 1. The van der Waals surface area contributed by atoms with Crippen molar-refractivity contribution in [2.45, 2.75) is 5.25 Å². The number of carbonyl (C=O) groups excluding carboxylic acids is 1. The number of hydrogen-bond acceptors (Lipinski definition) is 5. The minimum absolute atomic E-state index is 0.104. The van der Waals surface area contributed by atoms with Crippen molar-refractivity contribution in [3.63, 3.8) is 0 Å². The molecule has 2 aromatic carbocycles. The van der Waals surface area contributed by atoms with Crippen LogP contribution < -0.4 is 5.32 Å². The second-order valence-corrected chi connectivity index (χ2v) is 5.70. The minimum atomic E-state index is -0.305. The van der Waals surface area contributed by atoms with Gasteiger partial charge in [-0.1, -0.05) is 54.2 Å². The standard InChI is InChI=1S/C16H13N3O2S/c20-13-9-5-4-8-12(13)10-17-19-16-18-15(21)14(22-16)11-6-2-1-3-7-11/h1-10,14,20H,(H,18,19,21)/b17-10-/t14-/m0/s1. The number of thioether (sulfide) groups is 1. The second kappa shape index (κ2) is 6.44. The molecule has 0 bridgehead atoms. The lowest BCUT2D eigenvalue weighted by atomic mass is 10.1. The smallest absolute Gasteiger partial charge is 0.244 e. The van der Waals surface area contributed by atoms with Gasteiger partial charge in [0.2, 0.25) is 5.91 Å². The molecular formula is C16H13N3O2S. The van der Waals surface area contributed by atoms with Crippen molar-refractivity contribution in [2.75, 3.05) is 0 Å². The maximum Gasteiger partial charge on any atom is 0.244 e.